The lowest BCUT2D eigenvalue weighted by molar-refractivity contribution is 0.0698. The summed E-state index contributed by atoms with van der Waals surface area (Å²) in [6, 6.07) is 12.0. The molecule has 0 spiro atoms. The number of aromatic carboxylic acids is 1. The lowest BCUT2D eigenvalue weighted by atomic mass is 10.2. The number of benzene rings is 2. The maximum Gasteiger partial charge on any atom is 0.337 e. The molecule has 1 aliphatic heterocycles. The first kappa shape index (κ1) is 13.0. The molecule has 0 saturated carbocycles. The van der Waals surface area contributed by atoms with Crippen molar-refractivity contribution in [3.8, 4) is 11.5 Å². The van der Waals surface area contributed by atoms with Gasteiger partial charge in [0.1, 0.15) is 0 Å². The van der Waals surface area contributed by atoms with Crippen molar-refractivity contribution in [1.29, 1.82) is 0 Å². The maximum absolute atomic E-state index is 11.1. The lowest BCUT2D eigenvalue weighted by Crippen LogP contribution is -2.02. The van der Waals surface area contributed by atoms with Crippen LogP contribution in [0.2, 0.25) is 0 Å². The van der Waals surface area contributed by atoms with Crippen LogP contribution in [-0.2, 0) is 0 Å². The van der Waals surface area contributed by atoms with Crippen LogP contribution in [0.5, 0.6) is 11.5 Å². The highest BCUT2D eigenvalue weighted by atomic mass is 16.7. The van der Waals surface area contributed by atoms with Gasteiger partial charge in [-0.1, -0.05) is 12.1 Å². The van der Waals surface area contributed by atoms with E-state index in [4.69, 9.17) is 14.6 Å². The molecule has 0 saturated heterocycles. The highest BCUT2D eigenvalue weighted by molar-refractivity contribution is 5.94. The normalized spacial score (nSPS) is 12.6. The van der Waals surface area contributed by atoms with Crippen molar-refractivity contribution in [1.82, 2.24) is 0 Å². The van der Waals surface area contributed by atoms with Gasteiger partial charge in [0, 0.05) is 0 Å². The van der Waals surface area contributed by atoms with Gasteiger partial charge in [0.25, 0.3) is 0 Å². The van der Waals surface area contributed by atoms with E-state index in [1.165, 1.54) is 6.07 Å². The summed E-state index contributed by atoms with van der Waals surface area (Å²) in [6.45, 7) is 0.222. The Morgan fingerprint density at radius 2 is 2.00 bits per heavy atom. The minimum atomic E-state index is -1.00. The zero-order chi connectivity index (χ0) is 14.7. The molecule has 21 heavy (non-hydrogen) atoms. The van der Waals surface area contributed by atoms with Gasteiger partial charge in [0.2, 0.25) is 6.79 Å². The molecular formula is C15H12N2O4. The number of anilines is 1. The molecule has 0 fully saturated rings. The quantitative estimate of drug-likeness (QED) is 0.666. The molecule has 3 rings (SSSR count). The predicted molar refractivity (Wildman–Crippen MR) is 77.2 cm³/mol. The van der Waals surface area contributed by atoms with Gasteiger partial charge in [0.15, 0.2) is 11.5 Å². The molecule has 1 heterocycles. The molecule has 0 atom stereocenters. The number of hydrogen-bond donors (Lipinski definition) is 2. The van der Waals surface area contributed by atoms with Crippen LogP contribution in [0.3, 0.4) is 0 Å². The molecule has 0 radical (unpaired) electrons. The Labute approximate surface area is 120 Å². The van der Waals surface area contributed by atoms with Crippen LogP contribution in [0.1, 0.15) is 15.9 Å². The predicted octanol–water partition coefficient (Wildman–Crippen LogP) is 2.56. The Morgan fingerprint density at radius 1 is 1.19 bits per heavy atom. The number of carboxylic acids is 1. The van der Waals surface area contributed by atoms with Crippen molar-refractivity contribution in [2.24, 2.45) is 5.10 Å². The molecule has 0 amide bonds. The summed E-state index contributed by atoms with van der Waals surface area (Å²) in [4.78, 5) is 11.1. The van der Waals surface area contributed by atoms with Gasteiger partial charge in [0.05, 0.1) is 17.5 Å². The van der Waals surface area contributed by atoms with Crippen molar-refractivity contribution in [3.63, 3.8) is 0 Å². The summed E-state index contributed by atoms with van der Waals surface area (Å²) in [7, 11) is 0. The fraction of sp³-hybridized carbons (Fsp3) is 0.0667. The largest absolute Gasteiger partial charge is 0.478 e. The van der Waals surface area contributed by atoms with Crippen LogP contribution in [0.25, 0.3) is 0 Å². The van der Waals surface area contributed by atoms with E-state index in [-0.39, 0.29) is 12.4 Å². The molecule has 6 nitrogen and oxygen atoms in total. The van der Waals surface area contributed by atoms with Crippen LogP contribution >= 0.6 is 0 Å². The van der Waals surface area contributed by atoms with E-state index in [9.17, 15) is 4.79 Å². The summed E-state index contributed by atoms with van der Waals surface area (Å²) in [5.41, 5.74) is 4.15. The standard InChI is InChI=1S/C15H12N2O4/c18-15(19)11-3-1-2-4-12(11)17-16-8-10-5-6-13-14(7-10)21-9-20-13/h1-8,17H,9H2,(H,18,19). The summed E-state index contributed by atoms with van der Waals surface area (Å²) in [5, 5.41) is 13.1. The summed E-state index contributed by atoms with van der Waals surface area (Å²) in [5.74, 6) is 0.373. The van der Waals surface area contributed by atoms with Crippen LogP contribution in [0.15, 0.2) is 47.6 Å². The van der Waals surface area contributed by atoms with Crippen LogP contribution in [0.4, 0.5) is 5.69 Å². The zero-order valence-electron chi connectivity index (χ0n) is 10.9. The second-order valence-corrected chi connectivity index (χ2v) is 4.33. The van der Waals surface area contributed by atoms with Crippen molar-refractivity contribution < 1.29 is 19.4 Å². The van der Waals surface area contributed by atoms with Crippen molar-refractivity contribution in [2.45, 2.75) is 0 Å². The van der Waals surface area contributed by atoms with E-state index >= 15 is 0 Å². The summed E-state index contributed by atoms with van der Waals surface area (Å²) >= 11 is 0. The van der Waals surface area contributed by atoms with E-state index in [2.05, 4.69) is 10.5 Å². The number of carbonyl (C=O) groups is 1. The number of nitrogens with zero attached hydrogens (tertiary/aromatic N) is 1. The maximum atomic E-state index is 11.1. The van der Waals surface area contributed by atoms with Crippen LogP contribution < -0.4 is 14.9 Å². The number of fused-ring (bicyclic) bond motifs is 1. The van der Waals surface area contributed by atoms with Gasteiger partial charge in [-0.25, -0.2) is 4.79 Å². The van der Waals surface area contributed by atoms with Crippen LogP contribution in [-0.4, -0.2) is 24.1 Å². The Kier molecular flexibility index (Phi) is 3.42. The average Bonchev–Trinajstić information content (AvgIpc) is 2.95. The van der Waals surface area contributed by atoms with E-state index < -0.39 is 5.97 Å². The minimum absolute atomic E-state index is 0.167. The first-order valence-corrected chi connectivity index (χ1v) is 6.25. The number of rotatable bonds is 4. The zero-order valence-corrected chi connectivity index (χ0v) is 10.9. The monoisotopic (exact) mass is 284 g/mol. The van der Waals surface area contributed by atoms with Gasteiger partial charge in [-0.05, 0) is 35.9 Å². The molecule has 2 aromatic rings. The molecule has 0 aliphatic carbocycles. The van der Waals surface area contributed by atoms with Crippen molar-refractivity contribution in [2.75, 3.05) is 12.2 Å². The number of carboxylic acid groups (broad SMARTS) is 1. The van der Waals surface area contributed by atoms with Crippen molar-refractivity contribution >= 4 is 17.9 Å². The third-order valence-corrected chi connectivity index (χ3v) is 2.95. The van der Waals surface area contributed by atoms with Gasteiger partial charge in [-0.15, -0.1) is 0 Å². The first-order valence-electron chi connectivity index (χ1n) is 6.25. The van der Waals surface area contributed by atoms with E-state index in [0.717, 1.165) is 5.56 Å². The Morgan fingerprint density at radius 3 is 2.86 bits per heavy atom. The fourth-order valence-corrected chi connectivity index (χ4v) is 1.94. The van der Waals surface area contributed by atoms with Gasteiger partial charge in [-0.3, -0.25) is 5.43 Å². The van der Waals surface area contributed by atoms with E-state index in [1.54, 1.807) is 36.5 Å². The summed E-state index contributed by atoms with van der Waals surface area (Å²) in [6.07, 6.45) is 1.58. The van der Waals surface area contributed by atoms with Crippen molar-refractivity contribution in [3.05, 3.63) is 53.6 Å². The smallest absolute Gasteiger partial charge is 0.337 e. The third-order valence-electron chi connectivity index (χ3n) is 2.95. The fourth-order valence-electron chi connectivity index (χ4n) is 1.94. The van der Waals surface area contributed by atoms with Crippen LogP contribution in [0, 0.1) is 0 Å². The Bertz CT molecular complexity index is 713. The number of nitrogens with one attached hydrogen (secondary N) is 1. The van der Waals surface area contributed by atoms with Gasteiger partial charge < -0.3 is 14.6 Å². The topological polar surface area (TPSA) is 80.2 Å². The van der Waals surface area contributed by atoms with Gasteiger partial charge >= 0.3 is 5.97 Å². The SMILES string of the molecule is O=C(O)c1ccccc1NN=Cc1ccc2c(c1)OCO2. The lowest BCUT2D eigenvalue weighted by Gasteiger charge is -2.04. The minimum Gasteiger partial charge on any atom is -0.478 e. The third kappa shape index (κ3) is 2.79. The molecule has 6 heteroatoms. The molecular weight excluding hydrogens is 272 g/mol. The molecule has 2 aromatic carbocycles. The second kappa shape index (κ2) is 5.54. The number of hydrogen-bond acceptors (Lipinski definition) is 5. The Hall–Kier alpha value is -3.02. The highest BCUT2D eigenvalue weighted by Gasteiger charge is 2.12. The molecule has 0 bridgehead atoms. The van der Waals surface area contributed by atoms with E-state index in [0.29, 0.717) is 17.2 Å². The second-order valence-electron chi connectivity index (χ2n) is 4.33. The highest BCUT2D eigenvalue weighted by Crippen LogP contribution is 2.31. The molecule has 1 aliphatic rings. The number of ether oxygens (including phenoxy) is 2. The first-order chi connectivity index (χ1) is 10.2. The molecule has 106 valence electrons. The average molecular weight is 284 g/mol. The Balaban J connectivity index is 1.74. The molecule has 2 N–H and O–H groups in total. The number of hydrazone groups is 1. The van der Waals surface area contributed by atoms with Gasteiger partial charge in [-0.2, -0.15) is 5.10 Å². The molecule has 0 unspecified atom stereocenters. The summed E-state index contributed by atoms with van der Waals surface area (Å²) < 4.78 is 10.5. The van der Waals surface area contributed by atoms with E-state index in [1.807, 2.05) is 6.07 Å². The number of para-hydroxylation sites is 1. The molecule has 0 aromatic heterocycles.